The van der Waals surface area contributed by atoms with Crippen LogP contribution in [0.2, 0.25) is 0 Å². The second-order valence-electron chi connectivity index (χ2n) is 5.76. The van der Waals surface area contributed by atoms with Crippen LogP contribution >= 0.6 is 0 Å². The Morgan fingerprint density at radius 2 is 1.83 bits per heavy atom. The number of nitrogens with one attached hydrogen (secondary N) is 1. The summed E-state index contributed by atoms with van der Waals surface area (Å²) < 4.78 is 1.93. The van der Waals surface area contributed by atoms with Gasteiger partial charge in [-0.15, -0.1) is 0 Å². The van der Waals surface area contributed by atoms with Gasteiger partial charge in [-0.25, -0.2) is 4.98 Å². The highest BCUT2D eigenvalue weighted by atomic mass is 16.1. The van der Waals surface area contributed by atoms with Crippen molar-refractivity contribution in [1.29, 1.82) is 0 Å². The minimum atomic E-state index is -0.287. The van der Waals surface area contributed by atoms with Crippen molar-refractivity contribution in [3.8, 4) is 0 Å². The van der Waals surface area contributed by atoms with Crippen molar-refractivity contribution < 1.29 is 4.79 Å². The number of rotatable bonds is 5. The fraction of sp³-hybridized carbons (Fsp3) is 0.200. The predicted octanol–water partition coefficient (Wildman–Crippen LogP) is 3.50. The summed E-state index contributed by atoms with van der Waals surface area (Å²) in [6, 6.07) is 17.3. The Kier molecular flexibility index (Phi) is 4.75. The van der Waals surface area contributed by atoms with Crippen LogP contribution in [0.1, 0.15) is 40.3 Å². The lowest BCUT2D eigenvalue weighted by Gasteiger charge is -2.19. The number of aryl methyl sites for hydroxylation is 2. The van der Waals surface area contributed by atoms with Crippen molar-refractivity contribution in [3.63, 3.8) is 0 Å². The number of hydrogen-bond acceptors (Lipinski definition) is 2. The lowest BCUT2D eigenvalue weighted by Crippen LogP contribution is -2.31. The first-order valence-electron chi connectivity index (χ1n) is 8.11. The number of nitrogens with zero attached hydrogens (tertiary/aromatic N) is 2. The number of hydrogen-bond donors (Lipinski definition) is 1. The summed E-state index contributed by atoms with van der Waals surface area (Å²) in [6.45, 7) is 2.10. The van der Waals surface area contributed by atoms with Crippen LogP contribution in [0.5, 0.6) is 0 Å². The van der Waals surface area contributed by atoms with Crippen molar-refractivity contribution in [1.82, 2.24) is 14.9 Å². The summed E-state index contributed by atoms with van der Waals surface area (Å²) in [5, 5.41) is 3.11. The quantitative estimate of drug-likeness (QED) is 0.782. The molecule has 1 atom stereocenters. The number of aromatic nitrogens is 2. The van der Waals surface area contributed by atoms with Gasteiger partial charge in [0.25, 0.3) is 5.91 Å². The van der Waals surface area contributed by atoms with Gasteiger partial charge in [-0.1, -0.05) is 49.4 Å². The standard InChI is InChI=1S/C20H21N3O/c1-3-15-9-11-17(12-10-15)20(24)22-18(16-7-5-4-6-8-16)19-21-13-14-23(19)2/h4-14,18H,3H2,1-2H3,(H,22,24)/t18-/m1/s1. The first-order chi connectivity index (χ1) is 11.7. The Bertz CT molecular complexity index is 806. The Morgan fingerprint density at radius 1 is 1.12 bits per heavy atom. The summed E-state index contributed by atoms with van der Waals surface area (Å²) in [6.07, 6.45) is 4.59. The van der Waals surface area contributed by atoms with Gasteiger partial charge < -0.3 is 9.88 Å². The highest BCUT2D eigenvalue weighted by Crippen LogP contribution is 2.21. The second kappa shape index (κ2) is 7.13. The second-order valence-corrected chi connectivity index (χ2v) is 5.76. The number of benzene rings is 2. The van der Waals surface area contributed by atoms with E-state index in [1.54, 1.807) is 6.20 Å². The zero-order valence-electron chi connectivity index (χ0n) is 13.9. The predicted molar refractivity (Wildman–Crippen MR) is 94.8 cm³/mol. The van der Waals surface area contributed by atoms with Crippen LogP contribution in [-0.2, 0) is 13.5 Å². The fourth-order valence-electron chi connectivity index (χ4n) is 2.70. The van der Waals surface area contributed by atoms with Crippen molar-refractivity contribution in [2.24, 2.45) is 7.05 Å². The van der Waals surface area contributed by atoms with Crippen molar-refractivity contribution in [2.75, 3.05) is 0 Å². The van der Waals surface area contributed by atoms with Gasteiger partial charge in [-0.3, -0.25) is 4.79 Å². The van der Waals surface area contributed by atoms with Crippen molar-refractivity contribution in [2.45, 2.75) is 19.4 Å². The zero-order chi connectivity index (χ0) is 16.9. The molecule has 4 heteroatoms. The number of carbonyl (C=O) groups excluding carboxylic acids is 1. The Hall–Kier alpha value is -2.88. The van der Waals surface area contributed by atoms with E-state index in [0.717, 1.165) is 17.8 Å². The van der Waals surface area contributed by atoms with Crippen LogP contribution in [0.25, 0.3) is 0 Å². The van der Waals surface area contributed by atoms with Gasteiger partial charge in [-0.05, 0) is 29.7 Å². The molecule has 1 heterocycles. The molecule has 0 saturated heterocycles. The molecular formula is C20H21N3O. The molecule has 122 valence electrons. The summed E-state index contributed by atoms with van der Waals surface area (Å²) in [5.41, 5.74) is 2.88. The van der Waals surface area contributed by atoms with E-state index in [2.05, 4.69) is 17.2 Å². The van der Waals surface area contributed by atoms with E-state index in [-0.39, 0.29) is 11.9 Å². The van der Waals surface area contributed by atoms with E-state index < -0.39 is 0 Å². The van der Waals surface area contributed by atoms with Gasteiger partial charge in [-0.2, -0.15) is 0 Å². The molecule has 0 unspecified atom stereocenters. The van der Waals surface area contributed by atoms with Crippen molar-refractivity contribution >= 4 is 5.91 Å². The largest absolute Gasteiger partial charge is 0.338 e. The van der Waals surface area contributed by atoms with E-state index in [1.165, 1.54) is 5.56 Å². The molecule has 2 aromatic carbocycles. The molecule has 24 heavy (non-hydrogen) atoms. The maximum absolute atomic E-state index is 12.7. The molecule has 3 aromatic rings. The maximum Gasteiger partial charge on any atom is 0.252 e. The van der Waals surface area contributed by atoms with E-state index in [1.807, 2.05) is 72.4 Å². The van der Waals surface area contributed by atoms with Crippen molar-refractivity contribution in [3.05, 3.63) is 89.5 Å². The molecule has 0 spiro atoms. The third-order valence-corrected chi connectivity index (χ3v) is 4.15. The molecule has 0 radical (unpaired) electrons. The third-order valence-electron chi connectivity index (χ3n) is 4.15. The Balaban J connectivity index is 1.89. The molecule has 0 aliphatic heterocycles. The summed E-state index contributed by atoms with van der Waals surface area (Å²) >= 11 is 0. The Morgan fingerprint density at radius 3 is 2.42 bits per heavy atom. The first-order valence-corrected chi connectivity index (χ1v) is 8.11. The molecule has 1 N–H and O–H groups in total. The van der Waals surface area contributed by atoms with Crippen LogP contribution in [0.4, 0.5) is 0 Å². The van der Waals surface area contributed by atoms with Gasteiger partial charge in [0, 0.05) is 25.0 Å². The van der Waals surface area contributed by atoms with Crippen LogP contribution in [0, 0.1) is 0 Å². The van der Waals surface area contributed by atoms with Gasteiger partial charge >= 0.3 is 0 Å². The monoisotopic (exact) mass is 319 g/mol. The van der Waals surface area contributed by atoms with Crippen LogP contribution < -0.4 is 5.32 Å². The molecule has 1 aromatic heterocycles. The molecule has 0 aliphatic carbocycles. The minimum Gasteiger partial charge on any atom is -0.338 e. The number of carbonyl (C=O) groups is 1. The number of imidazole rings is 1. The summed E-state index contributed by atoms with van der Waals surface area (Å²) in [5.74, 6) is 0.703. The Labute approximate surface area is 142 Å². The summed E-state index contributed by atoms with van der Waals surface area (Å²) in [4.78, 5) is 17.1. The maximum atomic E-state index is 12.7. The average molecular weight is 319 g/mol. The lowest BCUT2D eigenvalue weighted by molar-refractivity contribution is 0.0941. The third kappa shape index (κ3) is 3.38. The van der Waals surface area contributed by atoms with Gasteiger partial charge in [0.2, 0.25) is 0 Å². The molecule has 4 nitrogen and oxygen atoms in total. The van der Waals surface area contributed by atoms with E-state index in [0.29, 0.717) is 5.56 Å². The molecule has 0 fully saturated rings. The topological polar surface area (TPSA) is 46.9 Å². The number of amides is 1. The molecule has 0 saturated carbocycles. The van der Waals surface area contributed by atoms with Crippen LogP contribution in [0.15, 0.2) is 67.0 Å². The fourth-order valence-corrected chi connectivity index (χ4v) is 2.70. The van der Waals surface area contributed by atoms with Gasteiger partial charge in [0.05, 0.1) is 0 Å². The summed E-state index contributed by atoms with van der Waals surface area (Å²) in [7, 11) is 1.93. The van der Waals surface area contributed by atoms with Crippen LogP contribution in [-0.4, -0.2) is 15.5 Å². The average Bonchev–Trinajstić information content (AvgIpc) is 3.06. The van der Waals surface area contributed by atoms with E-state index >= 15 is 0 Å². The molecule has 1 amide bonds. The van der Waals surface area contributed by atoms with E-state index in [9.17, 15) is 4.79 Å². The van der Waals surface area contributed by atoms with Gasteiger partial charge in [0.15, 0.2) is 0 Å². The minimum absolute atomic E-state index is 0.102. The lowest BCUT2D eigenvalue weighted by atomic mass is 10.0. The molecule has 0 bridgehead atoms. The van der Waals surface area contributed by atoms with E-state index in [4.69, 9.17) is 0 Å². The molecular weight excluding hydrogens is 298 g/mol. The van der Waals surface area contributed by atoms with Gasteiger partial charge in [0.1, 0.15) is 11.9 Å². The van der Waals surface area contributed by atoms with Crippen LogP contribution in [0.3, 0.4) is 0 Å². The SMILES string of the molecule is CCc1ccc(C(=O)N[C@H](c2ccccc2)c2nccn2C)cc1. The highest BCUT2D eigenvalue weighted by molar-refractivity contribution is 5.94. The molecule has 0 aliphatic rings. The zero-order valence-corrected chi connectivity index (χ0v) is 13.9. The normalized spacial score (nSPS) is 11.9. The molecule has 3 rings (SSSR count). The smallest absolute Gasteiger partial charge is 0.252 e. The first kappa shape index (κ1) is 16.0. The highest BCUT2D eigenvalue weighted by Gasteiger charge is 2.21.